The van der Waals surface area contributed by atoms with E-state index in [0.717, 1.165) is 5.69 Å². The first-order chi connectivity index (χ1) is 10.3. The average molecular weight is 278 g/mol. The van der Waals surface area contributed by atoms with E-state index in [9.17, 15) is 4.79 Å². The minimum absolute atomic E-state index is 0.125. The maximum atomic E-state index is 12.7. The van der Waals surface area contributed by atoms with Gasteiger partial charge in [0.1, 0.15) is 0 Å². The molecular weight excluding hydrogens is 264 g/mol. The molecule has 21 heavy (non-hydrogen) atoms. The van der Waals surface area contributed by atoms with Crippen LogP contribution in [-0.4, -0.2) is 27.7 Å². The summed E-state index contributed by atoms with van der Waals surface area (Å²) in [5.74, 6) is 0.398. The van der Waals surface area contributed by atoms with E-state index in [1.54, 1.807) is 53.4 Å². The highest BCUT2D eigenvalue weighted by atomic mass is 16.2. The third kappa shape index (κ3) is 2.53. The van der Waals surface area contributed by atoms with Crippen molar-refractivity contribution in [3.8, 4) is 5.82 Å². The lowest BCUT2D eigenvalue weighted by molar-refractivity contribution is 0.0992. The number of benzene rings is 1. The van der Waals surface area contributed by atoms with Crippen molar-refractivity contribution >= 4 is 11.6 Å². The van der Waals surface area contributed by atoms with Gasteiger partial charge in [-0.25, -0.2) is 9.67 Å². The molecule has 0 N–H and O–H groups in total. The van der Waals surface area contributed by atoms with E-state index in [1.807, 2.05) is 30.3 Å². The van der Waals surface area contributed by atoms with E-state index in [2.05, 4.69) is 10.1 Å². The van der Waals surface area contributed by atoms with Gasteiger partial charge in [-0.3, -0.25) is 4.79 Å². The molecule has 3 aromatic rings. The Morgan fingerprint density at radius 1 is 1.05 bits per heavy atom. The van der Waals surface area contributed by atoms with Crippen LogP contribution in [0.3, 0.4) is 0 Å². The molecule has 5 heteroatoms. The second kappa shape index (κ2) is 5.58. The molecule has 1 amide bonds. The zero-order chi connectivity index (χ0) is 14.7. The van der Waals surface area contributed by atoms with E-state index in [-0.39, 0.29) is 5.91 Å². The molecule has 0 saturated heterocycles. The minimum Gasteiger partial charge on any atom is -0.311 e. The Labute approximate surface area is 122 Å². The normalized spacial score (nSPS) is 10.3. The number of hydrogen-bond acceptors (Lipinski definition) is 3. The number of anilines is 1. The van der Waals surface area contributed by atoms with Gasteiger partial charge in [-0.15, -0.1) is 0 Å². The molecule has 0 radical (unpaired) electrons. The largest absolute Gasteiger partial charge is 0.311 e. The lowest BCUT2D eigenvalue weighted by Gasteiger charge is -2.18. The second-order valence-electron chi connectivity index (χ2n) is 4.52. The smallest absolute Gasteiger partial charge is 0.261 e. The topological polar surface area (TPSA) is 51.0 Å². The van der Waals surface area contributed by atoms with Crippen molar-refractivity contribution in [2.24, 2.45) is 0 Å². The number of para-hydroxylation sites is 1. The molecule has 0 bridgehead atoms. The first kappa shape index (κ1) is 13.1. The zero-order valence-electron chi connectivity index (χ0n) is 11.5. The number of nitrogens with zero attached hydrogens (tertiary/aromatic N) is 4. The summed E-state index contributed by atoms with van der Waals surface area (Å²) in [7, 11) is 1.75. The van der Waals surface area contributed by atoms with Crippen LogP contribution in [0.2, 0.25) is 0 Å². The predicted molar refractivity (Wildman–Crippen MR) is 80.5 cm³/mol. The van der Waals surface area contributed by atoms with Gasteiger partial charge < -0.3 is 4.90 Å². The number of rotatable bonds is 3. The van der Waals surface area contributed by atoms with Gasteiger partial charge in [-0.1, -0.05) is 18.2 Å². The SMILES string of the molecule is CN(C(=O)c1cccnc1-n1cccn1)c1ccccc1. The highest BCUT2D eigenvalue weighted by Gasteiger charge is 2.18. The van der Waals surface area contributed by atoms with Crippen molar-refractivity contribution < 1.29 is 4.79 Å². The molecule has 3 rings (SSSR count). The first-order valence-corrected chi connectivity index (χ1v) is 6.55. The van der Waals surface area contributed by atoms with Crippen molar-refractivity contribution in [2.75, 3.05) is 11.9 Å². The summed E-state index contributed by atoms with van der Waals surface area (Å²) in [6, 6.07) is 14.8. The number of hydrogen-bond donors (Lipinski definition) is 0. The fourth-order valence-electron chi connectivity index (χ4n) is 2.09. The number of pyridine rings is 1. The number of amides is 1. The van der Waals surface area contributed by atoms with Crippen LogP contribution in [0, 0.1) is 0 Å². The van der Waals surface area contributed by atoms with Gasteiger partial charge >= 0.3 is 0 Å². The molecule has 2 aromatic heterocycles. The molecule has 2 heterocycles. The Balaban J connectivity index is 1.99. The summed E-state index contributed by atoms with van der Waals surface area (Å²) in [4.78, 5) is 18.6. The summed E-state index contributed by atoms with van der Waals surface area (Å²) >= 11 is 0. The molecule has 0 fully saturated rings. The molecule has 0 aliphatic heterocycles. The molecule has 0 unspecified atom stereocenters. The van der Waals surface area contributed by atoms with Gasteiger partial charge in [0.25, 0.3) is 5.91 Å². The van der Waals surface area contributed by atoms with E-state index in [0.29, 0.717) is 11.4 Å². The quantitative estimate of drug-likeness (QED) is 0.739. The second-order valence-corrected chi connectivity index (χ2v) is 4.52. The summed E-state index contributed by atoms with van der Waals surface area (Å²) < 4.78 is 1.59. The van der Waals surface area contributed by atoms with Crippen LogP contribution < -0.4 is 4.90 Å². The van der Waals surface area contributed by atoms with Crippen molar-refractivity contribution in [3.05, 3.63) is 72.7 Å². The molecule has 0 saturated carbocycles. The Morgan fingerprint density at radius 2 is 1.86 bits per heavy atom. The van der Waals surface area contributed by atoms with Crippen LogP contribution in [-0.2, 0) is 0 Å². The van der Waals surface area contributed by atoms with Crippen LogP contribution in [0.15, 0.2) is 67.1 Å². The van der Waals surface area contributed by atoms with Crippen molar-refractivity contribution in [3.63, 3.8) is 0 Å². The van der Waals surface area contributed by atoms with Crippen LogP contribution in [0.1, 0.15) is 10.4 Å². The molecule has 0 aliphatic rings. The standard InChI is InChI=1S/C16H14N4O/c1-19(13-7-3-2-4-8-13)16(21)14-9-5-10-17-15(14)20-12-6-11-18-20/h2-12H,1H3. The summed E-state index contributed by atoms with van der Waals surface area (Å²) in [5.41, 5.74) is 1.34. The van der Waals surface area contributed by atoms with Crippen LogP contribution in [0.4, 0.5) is 5.69 Å². The Bertz CT molecular complexity index is 738. The van der Waals surface area contributed by atoms with Gasteiger partial charge in [0, 0.05) is 31.3 Å². The van der Waals surface area contributed by atoms with Gasteiger partial charge in [0.2, 0.25) is 0 Å². The average Bonchev–Trinajstić information content (AvgIpc) is 3.08. The van der Waals surface area contributed by atoms with E-state index in [1.165, 1.54) is 0 Å². The number of carbonyl (C=O) groups is 1. The van der Waals surface area contributed by atoms with Gasteiger partial charge in [0.15, 0.2) is 5.82 Å². The fraction of sp³-hybridized carbons (Fsp3) is 0.0625. The van der Waals surface area contributed by atoms with Crippen molar-refractivity contribution in [1.82, 2.24) is 14.8 Å². The van der Waals surface area contributed by atoms with Crippen LogP contribution in [0.25, 0.3) is 5.82 Å². The maximum absolute atomic E-state index is 12.7. The van der Waals surface area contributed by atoms with E-state index in [4.69, 9.17) is 0 Å². The predicted octanol–water partition coefficient (Wildman–Crippen LogP) is 2.54. The molecule has 0 atom stereocenters. The van der Waals surface area contributed by atoms with Crippen molar-refractivity contribution in [1.29, 1.82) is 0 Å². The van der Waals surface area contributed by atoms with Gasteiger partial charge in [0.05, 0.1) is 5.56 Å². The molecule has 104 valence electrons. The number of aromatic nitrogens is 3. The van der Waals surface area contributed by atoms with Crippen molar-refractivity contribution in [2.45, 2.75) is 0 Å². The molecule has 0 spiro atoms. The summed E-state index contributed by atoms with van der Waals surface area (Å²) in [6.07, 6.45) is 5.07. The van der Waals surface area contributed by atoms with Crippen LogP contribution in [0.5, 0.6) is 0 Å². The van der Waals surface area contributed by atoms with Gasteiger partial charge in [-0.05, 0) is 30.3 Å². The molecule has 1 aromatic carbocycles. The maximum Gasteiger partial charge on any atom is 0.261 e. The minimum atomic E-state index is -0.125. The summed E-state index contributed by atoms with van der Waals surface area (Å²) in [6.45, 7) is 0. The lowest BCUT2D eigenvalue weighted by Crippen LogP contribution is -2.27. The van der Waals surface area contributed by atoms with E-state index < -0.39 is 0 Å². The highest BCUT2D eigenvalue weighted by Crippen LogP contribution is 2.18. The molecular formula is C16H14N4O. The lowest BCUT2D eigenvalue weighted by atomic mass is 10.2. The highest BCUT2D eigenvalue weighted by molar-refractivity contribution is 6.07. The van der Waals surface area contributed by atoms with E-state index >= 15 is 0 Å². The molecule has 0 aliphatic carbocycles. The number of carbonyl (C=O) groups excluding carboxylic acids is 1. The third-order valence-electron chi connectivity index (χ3n) is 3.19. The first-order valence-electron chi connectivity index (χ1n) is 6.55. The fourth-order valence-corrected chi connectivity index (χ4v) is 2.09. The van der Waals surface area contributed by atoms with Crippen LogP contribution >= 0.6 is 0 Å². The third-order valence-corrected chi connectivity index (χ3v) is 3.19. The summed E-state index contributed by atoms with van der Waals surface area (Å²) in [5, 5.41) is 4.15. The Kier molecular flexibility index (Phi) is 3.47. The monoisotopic (exact) mass is 278 g/mol. The Morgan fingerprint density at radius 3 is 2.57 bits per heavy atom. The molecule has 5 nitrogen and oxygen atoms in total. The van der Waals surface area contributed by atoms with Gasteiger partial charge in [-0.2, -0.15) is 5.10 Å². The Hall–Kier alpha value is -2.95. The zero-order valence-corrected chi connectivity index (χ0v) is 11.5.